The molecule has 18 heavy (non-hydrogen) atoms. The summed E-state index contributed by atoms with van der Waals surface area (Å²) in [4.78, 5) is 10.7. The molecule has 5 heteroatoms. The molecule has 1 aromatic heterocycles. The molecular weight excluding hydrogens is 226 g/mol. The van der Waals surface area contributed by atoms with Crippen molar-refractivity contribution < 1.29 is 0 Å². The first-order chi connectivity index (χ1) is 8.49. The highest BCUT2D eigenvalue weighted by Gasteiger charge is 2.19. The van der Waals surface area contributed by atoms with E-state index < -0.39 is 0 Å². The number of pyridine rings is 1. The lowest BCUT2D eigenvalue weighted by Crippen LogP contribution is -2.25. The Balaban J connectivity index is 2.31. The quantitative estimate of drug-likeness (QED) is 0.832. The third-order valence-corrected chi connectivity index (χ3v) is 2.68. The van der Waals surface area contributed by atoms with Gasteiger partial charge in [0.2, 0.25) is 0 Å². The van der Waals surface area contributed by atoms with E-state index in [1.807, 2.05) is 45.0 Å². The number of allylic oxidation sites excluding steroid dienone is 1. The maximum Gasteiger partial charge on any atom is 0.158 e. The molecule has 0 saturated carbocycles. The van der Waals surface area contributed by atoms with Crippen molar-refractivity contribution in [2.24, 2.45) is 4.99 Å². The second kappa shape index (κ2) is 4.60. The fourth-order valence-electron chi connectivity index (χ4n) is 1.65. The van der Waals surface area contributed by atoms with Crippen LogP contribution in [-0.4, -0.2) is 30.8 Å². The molecule has 0 unspecified atom stereocenters. The minimum absolute atomic E-state index is 0.337. The Morgan fingerprint density at radius 2 is 2.00 bits per heavy atom. The van der Waals surface area contributed by atoms with Crippen LogP contribution >= 0.6 is 0 Å². The average molecular weight is 243 g/mol. The molecule has 1 aromatic rings. The largest absolute Gasteiger partial charge is 0.376 e. The Morgan fingerprint density at radius 3 is 2.44 bits per heavy atom. The molecule has 0 aliphatic carbocycles. The Labute approximate surface area is 107 Å². The molecule has 0 bridgehead atoms. The zero-order chi connectivity index (χ0) is 13.3. The first-order valence-corrected chi connectivity index (χ1v) is 5.75. The SMILES string of the molecule is CC(C)=C1N=C(c2ccc(N(C)C)cn2)NC1=N. The Kier molecular flexibility index (Phi) is 3.14. The summed E-state index contributed by atoms with van der Waals surface area (Å²) in [6.07, 6.45) is 1.80. The number of rotatable bonds is 2. The topological polar surface area (TPSA) is 64.4 Å². The number of aromatic nitrogens is 1. The average Bonchev–Trinajstić information content (AvgIpc) is 2.71. The van der Waals surface area contributed by atoms with Gasteiger partial charge in [-0.3, -0.25) is 10.4 Å². The van der Waals surface area contributed by atoms with Gasteiger partial charge < -0.3 is 10.2 Å². The van der Waals surface area contributed by atoms with Crippen LogP contribution in [0.1, 0.15) is 19.5 Å². The molecule has 94 valence electrons. The van der Waals surface area contributed by atoms with E-state index in [0.717, 1.165) is 17.0 Å². The summed E-state index contributed by atoms with van der Waals surface area (Å²) in [5.41, 5.74) is 3.51. The Bertz CT molecular complexity index is 533. The fraction of sp³-hybridized carbons (Fsp3) is 0.308. The first-order valence-electron chi connectivity index (χ1n) is 5.75. The highest BCUT2D eigenvalue weighted by atomic mass is 15.1. The predicted octanol–water partition coefficient (Wildman–Crippen LogP) is 1.77. The molecule has 2 heterocycles. The molecule has 1 aliphatic rings. The monoisotopic (exact) mass is 243 g/mol. The zero-order valence-electron chi connectivity index (χ0n) is 11.1. The first kappa shape index (κ1) is 12.3. The number of nitrogens with zero attached hydrogens (tertiary/aromatic N) is 3. The van der Waals surface area contributed by atoms with Crippen molar-refractivity contribution in [2.45, 2.75) is 13.8 Å². The van der Waals surface area contributed by atoms with Gasteiger partial charge in [-0.05, 0) is 31.6 Å². The predicted molar refractivity (Wildman–Crippen MR) is 74.3 cm³/mol. The van der Waals surface area contributed by atoms with Crippen LogP contribution in [0.15, 0.2) is 34.6 Å². The van der Waals surface area contributed by atoms with Crippen LogP contribution in [0.3, 0.4) is 0 Å². The number of nitrogens with one attached hydrogen (secondary N) is 2. The van der Waals surface area contributed by atoms with Gasteiger partial charge in [0.1, 0.15) is 17.2 Å². The molecule has 0 aromatic carbocycles. The lowest BCUT2D eigenvalue weighted by Gasteiger charge is -2.11. The molecule has 0 saturated heterocycles. The molecule has 0 radical (unpaired) electrons. The summed E-state index contributed by atoms with van der Waals surface area (Å²) < 4.78 is 0. The van der Waals surface area contributed by atoms with E-state index in [4.69, 9.17) is 5.41 Å². The van der Waals surface area contributed by atoms with Crippen LogP contribution in [0.25, 0.3) is 0 Å². The normalized spacial score (nSPS) is 14.3. The summed E-state index contributed by atoms with van der Waals surface area (Å²) in [5, 5.41) is 10.8. The number of aliphatic imine (C=N–C) groups is 1. The summed E-state index contributed by atoms with van der Waals surface area (Å²) in [6, 6.07) is 3.89. The maximum atomic E-state index is 7.81. The van der Waals surface area contributed by atoms with Gasteiger partial charge in [-0.2, -0.15) is 0 Å². The Hall–Kier alpha value is -2.17. The van der Waals surface area contributed by atoms with Gasteiger partial charge in [-0.25, -0.2) is 4.99 Å². The number of anilines is 1. The molecule has 5 nitrogen and oxygen atoms in total. The molecule has 2 rings (SSSR count). The second-order valence-corrected chi connectivity index (χ2v) is 4.61. The van der Waals surface area contributed by atoms with E-state index in [-0.39, 0.29) is 0 Å². The van der Waals surface area contributed by atoms with E-state index in [2.05, 4.69) is 15.3 Å². The van der Waals surface area contributed by atoms with Crippen LogP contribution in [-0.2, 0) is 0 Å². The summed E-state index contributed by atoms with van der Waals surface area (Å²) in [6.45, 7) is 3.89. The van der Waals surface area contributed by atoms with Crippen molar-refractivity contribution in [3.8, 4) is 0 Å². The molecule has 0 spiro atoms. The molecule has 0 amide bonds. The van der Waals surface area contributed by atoms with E-state index >= 15 is 0 Å². The van der Waals surface area contributed by atoms with Gasteiger partial charge in [-0.15, -0.1) is 0 Å². The van der Waals surface area contributed by atoms with Crippen molar-refractivity contribution >= 4 is 17.4 Å². The third-order valence-electron chi connectivity index (χ3n) is 2.68. The van der Waals surface area contributed by atoms with Crippen molar-refractivity contribution in [3.05, 3.63) is 35.3 Å². The molecule has 0 fully saturated rings. The number of amidine groups is 2. The molecule has 1 aliphatic heterocycles. The summed E-state index contributed by atoms with van der Waals surface area (Å²) in [5.74, 6) is 0.977. The smallest absolute Gasteiger partial charge is 0.158 e. The minimum atomic E-state index is 0.337. The summed E-state index contributed by atoms with van der Waals surface area (Å²) in [7, 11) is 3.94. The lowest BCUT2D eigenvalue weighted by molar-refractivity contribution is 1.10. The second-order valence-electron chi connectivity index (χ2n) is 4.61. The van der Waals surface area contributed by atoms with Crippen molar-refractivity contribution in [3.63, 3.8) is 0 Å². The highest BCUT2D eigenvalue weighted by molar-refractivity contribution is 6.18. The molecule has 0 atom stereocenters. The molecular formula is C13H17N5. The van der Waals surface area contributed by atoms with Gasteiger partial charge in [0.15, 0.2) is 5.84 Å². The van der Waals surface area contributed by atoms with Crippen molar-refractivity contribution in [1.82, 2.24) is 10.3 Å². The van der Waals surface area contributed by atoms with Crippen LogP contribution in [0.2, 0.25) is 0 Å². The van der Waals surface area contributed by atoms with Crippen molar-refractivity contribution in [1.29, 1.82) is 5.41 Å². The highest BCUT2D eigenvalue weighted by Crippen LogP contribution is 2.15. The van der Waals surface area contributed by atoms with E-state index in [0.29, 0.717) is 17.4 Å². The van der Waals surface area contributed by atoms with Crippen molar-refractivity contribution in [2.75, 3.05) is 19.0 Å². The summed E-state index contributed by atoms with van der Waals surface area (Å²) >= 11 is 0. The van der Waals surface area contributed by atoms with Crippen LogP contribution < -0.4 is 10.2 Å². The van der Waals surface area contributed by atoms with E-state index in [9.17, 15) is 0 Å². The van der Waals surface area contributed by atoms with Gasteiger partial charge in [0.05, 0.1) is 11.9 Å². The third kappa shape index (κ3) is 2.25. The van der Waals surface area contributed by atoms with Crippen LogP contribution in [0, 0.1) is 5.41 Å². The van der Waals surface area contributed by atoms with Gasteiger partial charge in [0, 0.05) is 14.1 Å². The van der Waals surface area contributed by atoms with Gasteiger partial charge in [0.25, 0.3) is 0 Å². The standard InChI is InChI=1S/C13H17N5/c1-8(2)11-12(14)17-13(16-11)10-6-5-9(7-15-10)18(3)4/h5-7H,1-4H3,(H2,14,16,17). The minimum Gasteiger partial charge on any atom is -0.376 e. The van der Waals surface area contributed by atoms with Gasteiger partial charge in [-0.1, -0.05) is 0 Å². The van der Waals surface area contributed by atoms with E-state index in [1.165, 1.54) is 0 Å². The number of hydrogen-bond donors (Lipinski definition) is 2. The fourth-order valence-corrected chi connectivity index (χ4v) is 1.65. The van der Waals surface area contributed by atoms with Crippen LogP contribution in [0.4, 0.5) is 5.69 Å². The zero-order valence-corrected chi connectivity index (χ0v) is 11.1. The lowest BCUT2D eigenvalue weighted by atomic mass is 10.2. The van der Waals surface area contributed by atoms with E-state index in [1.54, 1.807) is 6.20 Å². The Morgan fingerprint density at radius 1 is 1.28 bits per heavy atom. The van der Waals surface area contributed by atoms with Crippen LogP contribution in [0.5, 0.6) is 0 Å². The number of hydrogen-bond acceptors (Lipinski definition) is 4. The molecule has 2 N–H and O–H groups in total. The maximum absolute atomic E-state index is 7.81. The van der Waals surface area contributed by atoms with Gasteiger partial charge >= 0.3 is 0 Å².